The predicted octanol–water partition coefficient (Wildman–Crippen LogP) is 2.80. The standard InChI is InChI=1S/C18H17ClN2O3/c1-11-8-12-4-2-3-5-15(12)21(11)17(22)10-24-16-7-6-13(19)9-14(16)18(20)23/h2-7,9,11H,8,10H2,1H3,(H2,20,23)/t11-/m1/s1. The molecule has 0 aliphatic carbocycles. The molecule has 0 fully saturated rings. The van der Waals surface area contributed by atoms with E-state index in [1.807, 2.05) is 31.2 Å². The van der Waals surface area contributed by atoms with Crippen LogP contribution in [0.4, 0.5) is 5.69 Å². The van der Waals surface area contributed by atoms with Crippen LogP contribution in [-0.2, 0) is 11.2 Å². The molecule has 0 saturated carbocycles. The number of para-hydroxylation sites is 1. The van der Waals surface area contributed by atoms with E-state index in [-0.39, 0.29) is 29.9 Å². The van der Waals surface area contributed by atoms with Crippen molar-refractivity contribution >= 4 is 29.1 Å². The van der Waals surface area contributed by atoms with E-state index in [1.165, 1.54) is 12.1 Å². The van der Waals surface area contributed by atoms with Crippen LogP contribution in [0, 0.1) is 0 Å². The third kappa shape index (κ3) is 3.08. The largest absolute Gasteiger partial charge is 0.483 e. The van der Waals surface area contributed by atoms with Crippen molar-refractivity contribution in [1.82, 2.24) is 0 Å². The molecule has 2 aromatic carbocycles. The number of carbonyl (C=O) groups excluding carboxylic acids is 2. The van der Waals surface area contributed by atoms with Gasteiger partial charge in [-0.1, -0.05) is 29.8 Å². The second-order valence-electron chi connectivity index (χ2n) is 5.74. The van der Waals surface area contributed by atoms with Crippen molar-refractivity contribution in [2.24, 2.45) is 5.73 Å². The minimum Gasteiger partial charge on any atom is -0.483 e. The van der Waals surface area contributed by atoms with Gasteiger partial charge in [-0.2, -0.15) is 0 Å². The van der Waals surface area contributed by atoms with Crippen molar-refractivity contribution in [3.8, 4) is 5.75 Å². The first kappa shape index (κ1) is 16.3. The molecule has 0 unspecified atom stereocenters. The topological polar surface area (TPSA) is 72.6 Å². The van der Waals surface area contributed by atoms with Gasteiger partial charge in [-0.25, -0.2) is 0 Å². The Balaban J connectivity index is 1.76. The van der Waals surface area contributed by atoms with E-state index in [2.05, 4.69) is 0 Å². The maximum atomic E-state index is 12.6. The highest BCUT2D eigenvalue weighted by molar-refractivity contribution is 6.31. The first-order valence-electron chi connectivity index (χ1n) is 7.59. The third-order valence-corrected chi connectivity index (χ3v) is 4.27. The molecule has 0 aromatic heterocycles. The zero-order valence-corrected chi connectivity index (χ0v) is 13.9. The van der Waals surface area contributed by atoms with Crippen LogP contribution in [0.25, 0.3) is 0 Å². The molecule has 3 rings (SSSR count). The third-order valence-electron chi connectivity index (χ3n) is 4.03. The summed E-state index contributed by atoms with van der Waals surface area (Å²) < 4.78 is 5.54. The molecule has 1 aliphatic heterocycles. The monoisotopic (exact) mass is 344 g/mol. The number of fused-ring (bicyclic) bond motifs is 1. The summed E-state index contributed by atoms with van der Waals surface area (Å²) in [4.78, 5) is 25.8. The summed E-state index contributed by atoms with van der Waals surface area (Å²) in [6, 6.07) is 12.4. The molecule has 1 aliphatic rings. The average Bonchev–Trinajstić information content (AvgIpc) is 2.89. The summed E-state index contributed by atoms with van der Waals surface area (Å²) in [6.07, 6.45) is 0.815. The van der Waals surface area contributed by atoms with Gasteiger partial charge >= 0.3 is 0 Å². The number of halogens is 1. The minimum absolute atomic E-state index is 0.0688. The number of nitrogens with zero attached hydrogens (tertiary/aromatic N) is 1. The van der Waals surface area contributed by atoms with Crippen LogP contribution in [0.15, 0.2) is 42.5 Å². The van der Waals surface area contributed by atoms with Crippen molar-refractivity contribution < 1.29 is 14.3 Å². The van der Waals surface area contributed by atoms with Crippen LogP contribution in [0.5, 0.6) is 5.75 Å². The van der Waals surface area contributed by atoms with E-state index < -0.39 is 5.91 Å². The van der Waals surface area contributed by atoms with Crippen molar-refractivity contribution in [3.05, 3.63) is 58.6 Å². The minimum atomic E-state index is -0.653. The first-order valence-corrected chi connectivity index (χ1v) is 7.97. The Bertz CT molecular complexity index is 807. The highest BCUT2D eigenvalue weighted by Crippen LogP contribution is 2.32. The van der Waals surface area contributed by atoms with Crippen molar-refractivity contribution in [2.75, 3.05) is 11.5 Å². The summed E-state index contributed by atoms with van der Waals surface area (Å²) in [5, 5.41) is 0.379. The van der Waals surface area contributed by atoms with Gasteiger partial charge < -0.3 is 15.4 Å². The fourth-order valence-corrected chi connectivity index (χ4v) is 3.15. The lowest BCUT2D eigenvalue weighted by atomic mass is 10.1. The van der Waals surface area contributed by atoms with Crippen molar-refractivity contribution in [1.29, 1.82) is 0 Å². The molecule has 124 valence electrons. The Hall–Kier alpha value is -2.53. The predicted molar refractivity (Wildman–Crippen MR) is 92.6 cm³/mol. The Morgan fingerprint density at radius 3 is 2.79 bits per heavy atom. The van der Waals surface area contributed by atoms with Crippen LogP contribution < -0.4 is 15.4 Å². The van der Waals surface area contributed by atoms with Gasteiger partial charge in [0.05, 0.1) is 5.56 Å². The van der Waals surface area contributed by atoms with E-state index in [0.29, 0.717) is 5.02 Å². The zero-order chi connectivity index (χ0) is 17.3. The molecular weight excluding hydrogens is 328 g/mol. The summed E-state index contributed by atoms with van der Waals surface area (Å²) in [5.41, 5.74) is 7.53. The lowest BCUT2D eigenvalue weighted by Gasteiger charge is -2.23. The Labute approximate surface area is 145 Å². The molecule has 6 heteroatoms. The lowest BCUT2D eigenvalue weighted by Crippen LogP contribution is -2.39. The summed E-state index contributed by atoms with van der Waals surface area (Å²) in [5.74, 6) is -0.571. The first-order chi connectivity index (χ1) is 11.5. The van der Waals surface area contributed by atoms with Gasteiger partial charge in [-0.15, -0.1) is 0 Å². The van der Waals surface area contributed by atoms with Gasteiger partial charge in [0, 0.05) is 16.8 Å². The summed E-state index contributed by atoms with van der Waals surface area (Å²) >= 11 is 5.86. The number of hydrogen-bond acceptors (Lipinski definition) is 3. The second kappa shape index (κ2) is 6.53. The molecule has 1 heterocycles. The summed E-state index contributed by atoms with van der Waals surface area (Å²) in [6.45, 7) is 1.82. The molecule has 2 aromatic rings. The Morgan fingerprint density at radius 1 is 1.29 bits per heavy atom. The van der Waals surface area contributed by atoms with Crippen molar-refractivity contribution in [2.45, 2.75) is 19.4 Å². The van der Waals surface area contributed by atoms with Gasteiger partial charge in [-0.05, 0) is 43.2 Å². The molecule has 0 radical (unpaired) electrons. The molecule has 24 heavy (non-hydrogen) atoms. The molecule has 2 amide bonds. The van der Waals surface area contributed by atoms with E-state index in [0.717, 1.165) is 17.7 Å². The van der Waals surface area contributed by atoms with E-state index >= 15 is 0 Å². The smallest absolute Gasteiger partial charge is 0.265 e. The number of primary amides is 1. The van der Waals surface area contributed by atoms with Gasteiger partial charge in [0.2, 0.25) is 0 Å². The van der Waals surface area contributed by atoms with E-state index in [1.54, 1.807) is 11.0 Å². The number of ether oxygens (including phenoxy) is 1. The molecule has 0 saturated heterocycles. The van der Waals surface area contributed by atoms with Crippen LogP contribution in [-0.4, -0.2) is 24.5 Å². The van der Waals surface area contributed by atoms with Gasteiger partial charge in [-0.3, -0.25) is 9.59 Å². The van der Waals surface area contributed by atoms with Gasteiger partial charge in [0.25, 0.3) is 11.8 Å². The van der Waals surface area contributed by atoms with Crippen LogP contribution in [0.3, 0.4) is 0 Å². The molecule has 2 N–H and O–H groups in total. The molecular formula is C18H17ClN2O3. The highest BCUT2D eigenvalue weighted by atomic mass is 35.5. The highest BCUT2D eigenvalue weighted by Gasteiger charge is 2.30. The number of rotatable bonds is 4. The van der Waals surface area contributed by atoms with Gasteiger partial charge in [0.1, 0.15) is 5.75 Å². The fourth-order valence-electron chi connectivity index (χ4n) is 2.98. The second-order valence-corrected chi connectivity index (χ2v) is 6.18. The quantitative estimate of drug-likeness (QED) is 0.926. The zero-order valence-electron chi connectivity index (χ0n) is 13.2. The Kier molecular flexibility index (Phi) is 4.44. The van der Waals surface area contributed by atoms with Crippen LogP contribution >= 0.6 is 11.6 Å². The number of amides is 2. The molecule has 5 nitrogen and oxygen atoms in total. The number of anilines is 1. The van der Waals surface area contributed by atoms with Crippen molar-refractivity contribution in [3.63, 3.8) is 0 Å². The fraction of sp³-hybridized carbons (Fsp3) is 0.222. The maximum Gasteiger partial charge on any atom is 0.265 e. The normalized spacial score (nSPS) is 15.9. The van der Waals surface area contributed by atoms with Crippen LogP contribution in [0.1, 0.15) is 22.8 Å². The number of benzene rings is 2. The lowest BCUT2D eigenvalue weighted by molar-refractivity contribution is -0.120. The molecule has 0 bridgehead atoms. The van der Waals surface area contributed by atoms with E-state index in [9.17, 15) is 9.59 Å². The Morgan fingerprint density at radius 2 is 2.04 bits per heavy atom. The SMILES string of the molecule is C[C@@H]1Cc2ccccc2N1C(=O)COc1ccc(Cl)cc1C(N)=O. The molecule has 0 spiro atoms. The molecule has 1 atom stereocenters. The number of carbonyl (C=O) groups is 2. The number of nitrogens with two attached hydrogens (primary N) is 1. The van der Waals surface area contributed by atoms with Gasteiger partial charge in [0.15, 0.2) is 6.61 Å². The average molecular weight is 345 g/mol. The maximum absolute atomic E-state index is 12.6. The van der Waals surface area contributed by atoms with E-state index in [4.69, 9.17) is 22.1 Å². The summed E-state index contributed by atoms with van der Waals surface area (Å²) in [7, 11) is 0. The van der Waals surface area contributed by atoms with Crippen LogP contribution in [0.2, 0.25) is 5.02 Å². The number of hydrogen-bond donors (Lipinski definition) is 1.